The highest BCUT2D eigenvalue weighted by molar-refractivity contribution is 5.54. The van der Waals surface area contributed by atoms with Gasteiger partial charge in [0.1, 0.15) is 0 Å². The van der Waals surface area contributed by atoms with Gasteiger partial charge >= 0.3 is 0 Å². The van der Waals surface area contributed by atoms with Gasteiger partial charge < -0.3 is 5.32 Å². The second-order valence-corrected chi connectivity index (χ2v) is 3.79. The van der Waals surface area contributed by atoms with Crippen LogP contribution in [0.3, 0.4) is 0 Å². The molecule has 1 aromatic rings. The van der Waals surface area contributed by atoms with Crippen LogP contribution in [0, 0.1) is 0 Å². The van der Waals surface area contributed by atoms with E-state index in [1.165, 1.54) is 18.4 Å². The molecule has 0 bridgehead atoms. The van der Waals surface area contributed by atoms with Crippen molar-refractivity contribution in [1.82, 2.24) is 5.32 Å². The van der Waals surface area contributed by atoms with Gasteiger partial charge in [-0.15, -0.1) is 0 Å². The average Bonchev–Trinajstić information content (AvgIpc) is 2.67. The molecule has 1 aromatic carbocycles. The minimum Gasteiger partial charge on any atom is -0.310 e. The summed E-state index contributed by atoms with van der Waals surface area (Å²) < 4.78 is 0. The predicted octanol–water partition coefficient (Wildman–Crippen LogP) is 2.84. The Hall–Kier alpha value is -1.08. The second kappa shape index (κ2) is 4.43. The third-order valence-corrected chi connectivity index (χ3v) is 2.81. The first kappa shape index (κ1) is 9.47. The highest BCUT2D eigenvalue weighted by atomic mass is 14.9. The van der Waals surface area contributed by atoms with E-state index in [9.17, 15) is 0 Å². The monoisotopic (exact) mass is 187 g/mol. The summed E-state index contributed by atoms with van der Waals surface area (Å²) in [4.78, 5) is 0. The molecule has 1 unspecified atom stereocenters. The zero-order chi connectivity index (χ0) is 9.80. The molecule has 2 rings (SSSR count). The van der Waals surface area contributed by atoms with Gasteiger partial charge in [0.25, 0.3) is 0 Å². The summed E-state index contributed by atoms with van der Waals surface area (Å²) in [6.45, 7) is 3.37. The lowest BCUT2D eigenvalue weighted by atomic mass is 10.0. The van der Waals surface area contributed by atoms with Crippen molar-refractivity contribution in [3.05, 3.63) is 41.5 Å². The third-order valence-electron chi connectivity index (χ3n) is 2.81. The molecule has 0 saturated carbocycles. The molecule has 1 heterocycles. The van der Waals surface area contributed by atoms with Gasteiger partial charge in [0, 0.05) is 6.04 Å². The summed E-state index contributed by atoms with van der Waals surface area (Å²) in [5.41, 5.74) is 2.88. The van der Waals surface area contributed by atoms with Crippen LogP contribution >= 0.6 is 0 Å². The Morgan fingerprint density at radius 3 is 2.86 bits per heavy atom. The smallest absolute Gasteiger partial charge is 0.0280 e. The van der Waals surface area contributed by atoms with Crippen LogP contribution in [0.15, 0.2) is 35.9 Å². The quantitative estimate of drug-likeness (QED) is 0.750. The zero-order valence-corrected chi connectivity index (χ0v) is 8.66. The first-order valence-electron chi connectivity index (χ1n) is 5.39. The lowest BCUT2D eigenvalue weighted by Crippen LogP contribution is -2.20. The van der Waals surface area contributed by atoms with Crippen LogP contribution in [-0.4, -0.2) is 12.6 Å². The minimum atomic E-state index is 0.607. The Kier molecular flexibility index (Phi) is 3.00. The Balaban J connectivity index is 2.18. The van der Waals surface area contributed by atoms with E-state index < -0.39 is 0 Å². The molecule has 0 radical (unpaired) electrons. The molecule has 1 saturated heterocycles. The Bertz CT molecular complexity index is 313. The minimum absolute atomic E-state index is 0.607. The number of hydrogen-bond acceptors (Lipinski definition) is 1. The van der Waals surface area contributed by atoms with Gasteiger partial charge in [-0.1, -0.05) is 48.9 Å². The SMILES string of the molecule is CCC1NCC/C1=C\c1ccccc1. The molecule has 0 spiro atoms. The van der Waals surface area contributed by atoms with Crippen molar-refractivity contribution in [1.29, 1.82) is 0 Å². The standard InChI is InChI=1S/C13H17N/c1-2-13-12(8-9-14-13)10-11-6-4-3-5-7-11/h3-7,10,13-14H,2,8-9H2,1H3/b12-10+. The van der Waals surface area contributed by atoms with Crippen LogP contribution in [0.1, 0.15) is 25.3 Å². The summed E-state index contributed by atoms with van der Waals surface area (Å²) in [5.74, 6) is 0. The van der Waals surface area contributed by atoms with Gasteiger partial charge in [0.15, 0.2) is 0 Å². The van der Waals surface area contributed by atoms with E-state index in [0.29, 0.717) is 6.04 Å². The van der Waals surface area contributed by atoms with Crippen LogP contribution in [0.4, 0.5) is 0 Å². The van der Waals surface area contributed by atoms with Crippen molar-refractivity contribution in [2.45, 2.75) is 25.8 Å². The molecule has 1 fully saturated rings. The fourth-order valence-corrected chi connectivity index (χ4v) is 2.04. The first-order chi connectivity index (χ1) is 6.90. The van der Waals surface area contributed by atoms with Crippen LogP contribution in [0.2, 0.25) is 0 Å². The zero-order valence-electron chi connectivity index (χ0n) is 8.66. The molecule has 0 aromatic heterocycles. The number of benzene rings is 1. The molecule has 14 heavy (non-hydrogen) atoms. The second-order valence-electron chi connectivity index (χ2n) is 3.79. The van der Waals surface area contributed by atoms with Gasteiger partial charge in [-0.05, 0) is 24.9 Å². The maximum absolute atomic E-state index is 3.51. The summed E-state index contributed by atoms with van der Waals surface area (Å²) in [6.07, 6.45) is 4.72. The molecule has 0 aliphatic carbocycles. The normalized spacial score (nSPS) is 24.4. The van der Waals surface area contributed by atoms with Crippen LogP contribution in [-0.2, 0) is 0 Å². The van der Waals surface area contributed by atoms with Gasteiger partial charge in [-0.2, -0.15) is 0 Å². The summed E-state index contributed by atoms with van der Waals surface area (Å²) in [6, 6.07) is 11.2. The van der Waals surface area contributed by atoms with Crippen LogP contribution in [0.25, 0.3) is 6.08 Å². The maximum Gasteiger partial charge on any atom is 0.0280 e. The molecule has 1 aliphatic rings. The Morgan fingerprint density at radius 1 is 1.36 bits per heavy atom. The van der Waals surface area contributed by atoms with E-state index in [1.54, 1.807) is 5.57 Å². The van der Waals surface area contributed by atoms with E-state index in [2.05, 4.69) is 48.6 Å². The van der Waals surface area contributed by atoms with Gasteiger partial charge in [-0.3, -0.25) is 0 Å². The lowest BCUT2D eigenvalue weighted by Gasteiger charge is -2.08. The third kappa shape index (κ3) is 2.05. The number of nitrogens with one attached hydrogen (secondary N) is 1. The molecule has 1 heteroatoms. The Morgan fingerprint density at radius 2 is 2.14 bits per heavy atom. The van der Waals surface area contributed by atoms with Crippen molar-refractivity contribution in [3.8, 4) is 0 Å². The number of hydrogen-bond donors (Lipinski definition) is 1. The molecular formula is C13H17N. The van der Waals surface area contributed by atoms with Crippen molar-refractivity contribution < 1.29 is 0 Å². The fraction of sp³-hybridized carbons (Fsp3) is 0.385. The van der Waals surface area contributed by atoms with Crippen molar-refractivity contribution in [2.75, 3.05) is 6.54 Å². The van der Waals surface area contributed by atoms with E-state index >= 15 is 0 Å². The molecule has 1 atom stereocenters. The lowest BCUT2D eigenvalue weighted by molar-refractivity contribution is 0.647. The van der Waals surface area contributed by atoms with Gasteiger partial charge in [-0.25, -0.2) is 0 Å². The molecule has 1 nitrogen and oxygen atoms in total. The molecule has 1 aliphatic heterocycles. The van der Waals surface area contributed by atoms with E-state index in [0.717, 1.165) is 6.54 Å². The maximum atomic E-state index is 3.51. The van der Waals surface area contributed by atoms with Gasteiger partial charge in [0.05, 0.1) is 0 Å². The largest absolute Gasteiger partial charge is 0.310 e. The van der Waals surface area contributed by atoms with Crippen molar-refractivity contribution in [3.63, 3.8) is 0 Å². The number of rotatable bonds is 2. The average molecular weight is 187 g/mol. The van der Waals surface area contributed by atoms with Crippen molar-refractivity contribution in [2.24, 2.45) is 0 Å². The van der Waals surface area contributed by atoms with Crippen LogP contribution < -0.4 is 5.32 Å². The highest BCUT2D eigenvalue weighted by Gasteiger charge is 2.17. The van der Waals surface area contributed by atoms with E-state index in [1.807, 2.05) is 0 Å². The Labute approximate surface area is 85.8 Å². The van der Waals surface area contributed by atoms with Gasteiger partial charge in [0.2, 0.25) is 0 Å². The topological polar surface area (TPSA) is 12.0 Å². The molecular weight excluding hydrogens is 170 g/mol. The van der Waals surface area contributed by atoms with Crippen LogP contribution in [0.5, 0.6) is 0 Å². The van der Waals surface area contributed by atoms with E-state index in [4.69, 9.17) is 0 Å². The first-order valence-corrected chi connectivity index (χ1v) is 5.39. The highest BCUT2D eigenvalue weighted by Crippen LogP contribution is 2.19. The molecule has 0 amide bonds. The predicted molar refractivity (Wildman–Crippen MR) is 61.1 cm³/mol. The fourth-order valence-electron chi connectivity index (χ4n) is 2.04. The summed E-state index contributed by atoms with van der Waals surface area (Å²) in [7, 11) is 0. The summed E-state index contributed by atoms with van der Waals surface area (Å²) >= 11 is 0. The van der Waals surface area contributed by atoms with E-state index in [-0.39, 0.29) is 0 Å². The summed E-state index contributed by atoms with van der Waals surface area (Å²) in [5, 5.41) is 3.51. The molecule has 74 valence electrons. The van der Waals surface area contributed by atoms with Crippen molar-refractivity contribution >= 4 is 6.08 Å². The molecule has 1 N–H and O–H groups in total.